The van der Waals surface area contributed by atoms with Gasteiger partial charge >= 0.3 is 5.97 Å². The molecule has 0 saturated heterocycles. The summed E-state index contributed by atoms with van der Waals surface area (Å²) < 4.78 is 0. The fraction of sp³-hybridized carbons (Fsp3) is 0.800. The molecule has 0 bridgehead atoms. The maximum atomic E-state index is 11.4. The summed E-state index contributed by atoms with van der Waals surface area (Å²) >= 11 is 0. The third-order valence-corrected chi connectivity index (χ3v) is 1.97. The van der Waals surface area contributed by atoms with Crippen LogP contribution in [0.15, 0.2) is 0 Å². The maximum Gasteiger partial charge on any atom is 0.304 e. The molecule has 0 radical (unpaired) electrons. The Morgan fingerprint density at radius 2 is 1.43 bits per heavy atom. The van der Waals surface area contributed by atoms with Crippen LogP contribution in [0.3, 0.4) is 0 Å². The first kappa shape index (κ1) is 27.8. The van der Waals surface area contributed by atoms with Crippen LogP contribution in [-0.4, -0.2) is 35.4 Å². The smallest absolute Gasteiger partial charge is 0.304 e. The zero-order chi connectivity index (χ0) is 18.0. The van der Waals surface area contributed by atoms with E-state index in [0.29, 0.717) is 0 Å². The average molecular weight is 306 g/mol. The number of hydrogen-bond donors (Lipinski definition) is 3. The van der Waals surface area contributed by atoms with Crippen LogP contribution in [0.5, 0.6) is 0 Å². The number of rotatable bonds is 6. The minimum atomic E-state index is -1.05. The van der Waals surface area contributed by atoms with Crippen molar-refractivity contribution in [3.63, 3.8) is 0 Å². The highest BCUT2D eigenvalue weighted by Gasteiger charge is 2.21. The number of carboxylic acid groups (broad SMARTS) is 1. The first-order valence-electron chi connectivity index (χ1n) is 7.61. The number of nitrogens with one attached hydrogen (secondary N) is 1. The Hall–Kier alpha value is -1.43. The Labute approximate surface area is 129 Å². The Kier molecular flexibility index (Phi) is 27.7. The maximum absolute atomic E-state index is 11.4. The van der Waals surface area contributed by atoms with Gasteiger partial charge in [0.2, 0.25) is 5.91 Å². The normalized spacial score (nSPS) is 10.9. The van der Waals surface area contributed by atoms with Crippen molar-refractivity contribution in [2.24, 2.45) is 11.7 Å². The molecule has 0 spiro atoms. The number of Topliss-reactive ketones (excluding diaryl/α,β-unsaturated/α-hetero) is 1. The van der Waals surface area contributed by atoms with Crippen molar-refractivity contribution >= 4 is 17.7 Å². The minimum absolute atomic E-state index is 0.0147. The van der Waals surface area contributed by atoms with Gasteiger partial charge in [-0.15, -0.1) is 0 Å². The molecule has 0 rings (SSSR count). The largest absolute Gasteiger partial charge is 0.481 e. The third-order valence-electron chi connectivity index (χ3n) is 1.97. The molecule has 0 aliphatic heterocycles. The lowest BCUT2D eigenvalue weighted by Crippen LogP contribution is -2.46. The highest BCUT2D eigenvalue weighted by molar-refractivity contribution is 5.89. The van der Waals surface area contributed by atoms with E-state index in [1.165, 1.54) is 13.8 Å². The summed E-state index contributed by atoms with van der Waals surface area (Å²) in [4.78, 5) is 32.6. The van der Waals surface area contributed by atoms with Crippen molar-refractivity contribution in [2.75, 3.05) is 6.54 Å². The summed E-state index contributed by atoms with van der Waals surface area (Å²) in [5.74, 6) is -2.43. The number of hydrogen-bond acceptors (Lipinski definition) is 4. The van der Waals surface area contributed by atoms with Crippen molar-refractivity contribution in [3.8, 4) is 0 Å². The summed E-state index contributed by atoms with van der Waals surface area (Å²) in [6.07, 6.45) is -0.263. The van der Waals surface area contributed by atoms with Gasteiger partial charge in [-0.1, -0.05) is 48.5 Å². The molecule has 1 amide bonds. The van der Waals surface area contributed by atoms with Gasteiger partial charge in [-0.3, -0.25) is 14.4 Å². The van der Waals surface area contributed by atoms with E-state index in [1.54, 1.807) is 0 Å². The Morgan fingerprint density at radius 1 is 1.05 bits per heavy atom. The van der Waals surface area contributed by atoms with Gasteiger partial charge in [0.25, 0.3) is 0 Å². The van der Waals surface area contributed by atoms with Crippen molar-refractivity contribution in [1.29, 1.82) is 0 Å². The van der Waals surface area contributed by atoms with Gasteiger partial charge in [-0.2, -0.15) is 0 Å². The molecule has 2 unspecified atom stereocenters. The third kappa shape index (κ3) is 18.6. The van der Waals surface area contributed by atoms with Gasteiger partial charge in [0, 0.05) is 12.5 Å². The number of carbonyl (C=O) groups excluding carboxylic acids is 2. The van der Waals surface area contributed by atoms with Crippen LogP contribution >= 0.6 is 0 Å². The van der Waals surface area contributed by atoms with Gasteiger partial charge < -0.3 is 16.2 Å². The van der Waals surface area contributed by atoms with E-state index in [1.807, 2.05) is 41.5 Å². The van der Waals surface area contributed by atoms with Gasteiger partial charge in [-0.05, 0) is 6.92 Å². The molecule has 0 heterocycles. The van der Waals surface area contributed by atoms with E-state index in [2.05, 4.69) is 5.32 Å². The zero-order valence-corrected chi connectivity index (χ0v) is 14.8. The highest BCUT2D eigenvalue weighted by Crippen LogP contribution is 2.02. The lowest BCUT2D eigenvalue weighted by molar-refractivity contribution is -0.141. The molecular formula is C15H34N2O4. The van der Waals surface area contributed by atoms with Crippen LogP contribution in [-0.2, 0) is 14.4 Å². The average Bonchev–Trinajstić information content (AvgIpc) is 2.49. The fourth-order valence-electron chi connectivity index (χ4n) is 0.995. The van der Waals surface area contributed by atoms with Gasteiger partial charge in [0.15, 0.2) is 5.78 Å². The van der Waals surface area contributed by atoms with Gasteiger partial charge in [-0.25, -0.2) is 0 Å². The molecule has 0 aliphatic rings. The van der Waals surface area contributed by atoms with Crippen LogP contribution < -0.4 is 11.1 Å². The van der Waals surface area contributed by atoms with E-state index in [-0.39, 0.29) is 18.7 Å². The molecule has 21 heavy (non-hydrogen) atoms. The van der Waals surface area contributed by atoms with Crippen molar-refractivity contribution in [2.45, 2.75) is 67.9 Å². The molecule has 4 N–H and O–H groups in total. The first-order chi connectivity index (χ1) is 9.88. The molecule has 0 fully saturated rings. The number of nitrogens with two attached hydrogens (primary N) is 1. The molecule has 2 atom stereocenters. The first-order valence-corrected chi connectivity index (χ1v) is 7.61. The molecule has 0 saturated carbocycles. The monoisotopic (exact) mass is 306 g/mol. The number of ketones is 1. The van der Waals surface area contributed by atoms with Crippen molar-refractivity contribution in [1.82, 2.24) is 5.32 Å². The topological polar surface area (TPSA) is 109 Å². The molecule has 0 aromatic rings. The van der Waals surface area contributed by atoms with Crippen molar-refractivity contribution in [3.05, 3.63) is 0 Å². The Morgan fingerprint density at radius 3 is 1.67 bits per heavy atom. The number of aliphatic carboxylic acids is 1. The summed E-state index contributed by atoms with van der Waals surface area (Å²) in [6, 6.07) is -0.728. The van der Waals surface area contributed by atoms with Crippen LogP contribution in [0.25, 0.3) is 0 Å². The van der Waals surface area contributed by atoms with E-state index >= 15 is 0 Å². The lowest BCUT2D eigenvalue weighted by Gasteiger charge is -2.16. The van der Waals surface area contributed by atoms with E-state index < -0.39 is 23.8 Å². The molecule has 128 valence electrons. The SMILES string of the molecule is CC.CC.CC.CC(=O)C(CN)NC(=O)C(C)CC(=O)O. The fourth-order valence-corrected chi connectivity index (χ4v) is 0.995. The second-order valence-electron chi connectivity index (χ2n) is 3.41. The Balaban J connectivity index is -0.000000212. The Bertz CT molecular complexity index is 268. The van der Waals surface area contributed by atoms with Gasteiger partial charge in [0.05, 0.1) is 12.5 Å². The quantitative estimate of drug-likeness (QED) is 0.697. The molecule has 0 aromatic carbocycles. The molecule has 6 nitrogen and oxygen atoms in total. The van der Waals surface area contributed by atoms with Crippen molar-refractivity contribution < 1.29 is 19.5 Å². The second-order valence-corrected chi connectivity index (χ2v) is 3.41. The summed E-state index contributed by atoms with van der Waals surface area (Å²) in [5.41, 5.74) is 5.27. The molecule has 6 heteroatoms. The summed E-state index contributed by atoms with van der Waals surface area (Å²) in [7, 11) is 0. The predicted molar refractivity (Wildman–Crippen MR) is 87.1 cm³/mol. The minimum Gasteiger partial charge on any atom is -0.481 e. The van der Waals surface area contributed by atoms with Gasteiger partial charge in [0.1, 0.15) is 0 Å². The van der Waals surface area contributed by atoms with Crippen LogP contribution in [0.2, 0.25) is 0 Å². The highest BCUT2D eigenvalue weighted by atomic mass is 16.4. The van der Waals surface area contributed by atoms with E-state index in [0.717, 1.165) is 0 Å². The number of amides is 1. The zero-order valence-electron chi connectivity index (χ0n) is 14.8. The molecular weight excluding hydrogens is 272 g/mol. The van der Waals surface area contributed by atoms with Crippen LogP contribution in [0.1, 0.15) is 61.8 Å². The predicted octanol–water partition coefficient (Wildman–Crippen LogP) is 2.21. The summed E-state index contributed by atoms with van der Waals surface area (Å²) in [5, 5.41) is 10.9. The molecule has 0 aromatic heterocycles. The van der Waals surface area contributed by atoms with Crippen LogP contribution in [0, 0.1) is 5.92 Å². The summed E-state index contributed by atoms with van der Waals surface area (Å²) in [6.45, 7) is 14.8. The number of carbonyl (C=O) groups is 3. The lowest BCUT2D eigenvalue weighted by atomic mass is 10.1. The van der Waals surface area contributed by atoms with E-state index in [9.17, 15) is 14.4 Å². The molecule has 0 aliphatic carbocycles. The standard InChI is InChI=1S/C9H16N2O4.3C2H6/c1-5(3-8(13)14)9(15)11-7(4-10)6(2)12;3*1-2/h5,7H,3-4,10H2,1-2H3,(H,11,15)(H,13,14);3*1-2H3. The number of carboxylic acids is 1. The second kappa shape index (κ2) is 20.9. The van der Waals surface area contributed by atoms with Crippen LogP contribution in [0.4, 0.5) is 0 Å². The van der Waals surface area contributed by atoms with E-state index in [4.69, 9.17) is 10.8 Å².